The van der Waals surface area contributed by atoms with Crippen molar-refractivity contribution in [2.45, 2.75) is 13.8 Å². The number of ether oxygens (including phenoxy) is 2. The Labute approximate surface area is 186 Å². The second kappa shape index (κ2) is 7.82. The molecule has 0 saturated heterocycles. The van der Waals surface area contributed by atoms with E-state index in [1.165, 1.54) is 0 Å². The van der Waals surface area contributed by atoms with Gasteiger partial charge in [-0.2, -0.15) is 0 Å². The molecule has 0 aromatic heterocycles. The third-order valence-corrected chi connectivity index (χ3v) is 5.50. The molecule has 4 nitrogen and oxygen atoms in total. The van der Waals surface area contributed by atoms with Crippen LogP contribution in [-0.2, 0) is 0 Å². The van der Waals surface area contributed by atoms with Crippen LogP contribution in [-0.4, -0.2) is 11.6 Å². The van der Waals surface area contributed by atoms with Crippen LogP contribution >= 0.6 is 0 Å². The van der Waals surface area contributed by atoms with Crippen molar-refractivity contribution in [1.82, 2.24) is 0 Å². The van der Waals surface area contributed by atoms with Crippen molar-refractivity contribution in [3.63, 3.8) is 0 Å². The van der Waals surface area contributed by atoms with E-state index in [1.54, 1.807) is 36.4 Å². The zero-order valence-corrected chi connectivity index (χ0v) is 17.7. The average Bonchev–Trinajstić information content (AvgIpc) is 2.81. The van der Waals surface area contributed by atoms with Crippen LogP contribution < -0.4 is 9.47 Å². The molecular weight excluding hydrogens is 400 g/mol. The zero-order valence-electron chi connectivity index (χ0n) is 17.7. The van der Waals surface area contributed by atoms with E-state index < -0.39 is 0 Å². The van der Waals surface area contributed by atoms with Crippen LogP contribution in [0.15, 0.2) is 84.9 Å². The smallest absolute Gasteiger partial charge is 0.198 e. The first kappa shape index (κ1) is 19.8. The number of hydrogen-bond donors (Lipinski definition) is 0. The Kier molecular flexibility index (Phi) is 4.83. The van der Waals surface area contributed by atoms with Gasteiger partial charge in [-0.15, -0.1) is 0 Å². The van der Waals surface area contributed by atoms with Crippen molar-refractivity contribution in [3.8, 4) is 23.0 Å². The molecule has 0 amide bonds. The first-order chi connectivity index (χ1) is 15.5. The van der Waals surface area contributed by atoms with Crippen LogP contribution in [0.5, 0.6) is 23.0 Å². The standard InChI is InChI=1S/C28H20O4/c1-17-7-11-19(12-8-17)31-24-16-15-23-25(28(24)32-20-13-9-18(2)10-14-20)27(30)22-6-4-3-5-21(22)26(23)29/h3-16H,1-2H3. The van der Waals surface area contributed by atoms with Crippen molar-refractivity contribution in [2.75, 3.05) is 0 Å². The lowest BCUT2D eigenvalue weighted by atomic mass is 9.83. The molecule has 0 aliphatic heterocycles. The van der Waals surface area contributed by atoms with Crippen LogP contribution in [0.1, 0.15) is 43.0 Å². The Morgan fingerprint density at radius 3 is 1.66 bits per heavy atom. The second-order valence-electron chi connectivity index (χ2n) is 7.85. The van der Waals surface area contributed by atoms with Gasteiger partial charge in [0.15, 0.2) is 23.1 Å². The van der Waals surface area contributed by atoms with Gasteiger partial charge in [0, 0.05) is 16.7 Å². The van der Waals surface area contributed by atoms with Gasteiger partial charge in [0.25, 0.3) is 0 Å². The van der Waals surface area contributed by atoms with Crippen molar-refractivity contribution < 1.29 is 19.1 Å². The summed E-state index contributed by atoms with van der Waals surface area (Å²) in [7, 11) is 0. The van der Waals surface area contributed by atoms with Crippen LogP contribution in [0.3, 0.4) is 0 Å². The topological polar surface area (TPSA) is 52.6 Å². The third-order valence-electron chi connectivity index (χ3n) is 5.50. The number of hydrogen-bond acceptors (Lipinski definition) is 4. The Morgan fingerprint density at radius 2 is 1.06 bits per heavy atom. The molecule has 4 aromatic rings. The highest BCUT2D eigenvalue weighted by Gasteiger charge is 2.34. The van der Waals surface area contributed by atoms with E-state index in [-0.39, 0.29) is 22.9 Å². The number of rotatable bonds is 4. The van der Waals surface area contributed by atoms with E-state index in [2.05, 4.69) is 0 Å². The minimum absolute atomic E-state index is 0.203. The maximum Gasteiger partial charge on any atom is 0.198 e. The fraction of sp³-hybridized carbons (Fsp3) is 0.0714. The van der Waals surface area contributed by atoms with Crippen molar-refractivity contribution in [2.24, 2.45) is 0 Å². The molecule has 156 valence electrons. The summed E-state index contributed by atoms with van der Waals surface area (Å²) in [6.45, 7) is 3.98. The molecule has 4 aromatic carbocycles. The number of benzene rings is 4. The number of ketones is 2. The van der Waals surface area contributed by atoms with E-state index in [9.17, 15) is 9.59 Å². The Balaban J connectivity index is 1.67. The Hall–Kier alpha value is -4.18. The summed E-state index contributed by atoms with van der Waals surface area (Å²) in [4.78, 5) is 26.6. The van der Waals surface area contributed by atoms with E-state index in [4.69, 9.17) is 9.47 Å². The molecule has 0 atom stereocenters. The first-order valence-electron chi connectivity index (χ1n) is 10.4. The predicted octanol–water partition coefficient (Wildman–Crippen LogP) is 6.66. The number of fused-ring (bicyclic) bond motifs is 2. The first-order valence-corrected chi connectivity index (χ1v) is 10.4. The van der Waals surface area contributed by atoms with Crippen LogP contribution in [0.4, 0.5) is 0 Å². The van der Waals surface area contributed by atoms with Crippen LogP contribution in [0.25, 0.3) is 0 Å². The maximum atomic E-state index is 13.5. The van der Waals surface area contributed by atoms with E-state index in [0.717, 1.165) is 11.1 Å². The zero-order chi connectivity index (χ0) is 22.2. The molecule has 0 saturated carbocycles. The lowest BCUT2D eigenvalue weighted by Gasteiger charge is -2.22. The highest BCUT2D eigenvalue weighted by Crippen LogP contribution is 2.43. The molecule has 1 aliphatic rings. The molecule has 0 heterocycles. The number of carbonyl (C=O) groups excluding carboxylic acids is 2. The van der Waals surface area contributed by atoms with E-state index in [0.29, 0.717) is 33.9 Å². The maximum absolute atomic E-state index is 13.5. The lowest BCUT2D eigenvalue weighted by Crippen LogP contribution is -2.21. The van der Waals surface area contributed by atoms with Gasteiger partial charge >= 0.3 is 0 Å². The second-order valence-corrected chi connectivity index (χ2v) is 7.85. The molecule has 0 spiro atoms. The molecule has 5 rings (SSSR count). The monoisotopic (exact) mass is 420 g/mol. The van der Waals surface area contributed by atoms with Gasteiger partial charge in [-0.25, -0.2) is 0 Å². The van der Waals surface area contributed by atoms with E-state index in [1.807, 2.05) is 62.4 Å². The SMILES string of the molecule is Cc1ccc(Oc2ccc3c(c2Oc2ccc(C)cc2)C(=O)c2ccccc2C3=O)cc1. The van der Waals surface area contributed by atoms with Gasteiger partial charge in [-0.1, -0.05) is 59.7 Å². The van der Waals surface area contributed by atoms with Gasteiger partial charge in [0.2, 0.25) is 0 Å². The third kappa shape index (κ3) is 3.46. The van der Waals surface area contributed by atoms with Gasteiger partial charge in [0.05, 0.1) is 5.56 Å². The molecule has 4 heteroatoms. The molecule has 0 fully saturated rings. The molecule has 32 heavy (non-hydrogen) atoms. The molecule has 0 N–H and O–H groups in total. The summed E-state index contributed by atoms with van der Waals surface area (Å²) in [6, 6.07) is 25.3. The van der Waals surface area contributed by atoms with Gasteiger partial charge in [0.1, 0.15) is 11.5 Å². The lowest BCUT2D eigenvalue weighted by molar-refractivity contribution is 0.0976. The Morgan fingerprint density at radius 1 is 0.531 bits per heavy atom. The molecular formula is C28H20O4. The van der Waals surface area contributed by atoms with Gasteiger partial charge < -0.3 is 9.47 Å². The van der Waals surface area contributed by atoms with Crippen LogP contribution in [0, 0.1) is 13.8 Å². The summed E-state index contributed by atoms with van der Waals surface area (Å²) in [5, 5.41) is 0. The minimum Gasteiger partial charge on any atom is -0.453 e. The Bertz CT molecular complexity index is 1350. The molecule has 0 bridgehead atoms. The molecule has 0 unspecified atom stereocenters. The van der Waals surface area contributed by atoms with E-state index >= 15 is 0 Å². The fourth-order valence-corrected chi connectivity index (χ4v) is 3.78. The average molecular weight is 420 g/mol. The molecule has 0 radical (unpaired) electrons. The fourth-order valence-electron chi connectivity index (χ4n) is 3.78. The molecule has 1 aliphatic carbocycles. The summed E-state index contributed by atoms with van der Waals surface area (Å²) < 4.78 is 12.3. The largest absolute Gasteiger partial charge is 0.453 e. The van der Waals surface area contributed by atoms with Gasteiger partial charge in [-0.3, -0.25) is 9.59 Å². The highest BCUT2D eigenvalue weighted by atomic mass is 16.5. The van der Waals surface area contributed by atoms with Crippen molar-refractivity contribution in [1.29, 1.82) is 0 Å². The quantitative estimate of drug-likeness (QED) is 0.326. The number of aryl methyl sites for hydroxylation is 2. The summed E-state index contributed by atoms with van der Waals surface area (Å²) >= 11 is 0. The van der Waals surface area contributed by atoms with Gasteiger partial charge in [-0.05, 0) is 50.2 Å². The summed E-state index contributed by atoms with van der Waals surface area (Å²) in [6.07, 6.45) is 0. The number of carbonyl (C=O) groups is 2. The van der Waals surface area contributed by atoms with Crippen molar-refractivity contribution in [3.05, 3.63) is 118 Å². The predicted molar refractivity (Wildman–Crippen MR) is 122 cm³/mol. The van der Waals surface area contributed by atoms with Crippen molar-refractivity contribution >= 4 is 11.6 Å². The normalized spacial score (nSPS) is 12.2. The highest BCUT2D eigenvalue weighted by molar-refractivity contribution is 6.29. The summed E-state index contributed by atoms with van der Waals surface area (Å²) in [5.41, 5.74) is 3.50. The minimum atomic E-state index is -0.258. The summed E-state index contributed by atoms with van der Waals surface area (Å²) in [5.74, 6) is 1.31. The van der Waals surface area contributed by atoms with Crippen LogP contribution in [0.2, 0.25) is 0 Å².